The third kappa shape index (κ3) is 5.70. The molecule has 0 saturated heterocycles. The molecule has 0 fully saturated rings. The minimum absolute atomic E-state index is 0.120. The summed E-state index contributed by atoms with van der Waals surface area (Å²) in [6.07, 6.45) is 2.09. The van der Waals surface area contributed by atoms with Crippen LogP contribution in [0, 0.1) is 0 Å². The van der Waals surface area contributed by atoms with Crippen LogP contribution in [0.5, 0.6) is 0 Å². The largest absolute Gasteiger partial charge is 0.447 e. The first-order valence-corrected chi connectivity index (χ1v) is 7.23. The number of ether oxygens (including phenoxy) is 1. The van der Waals surface area contributed by atoms with Crippen molar-refractivity contribution in [2.75, 3.05) is 33.8 Å². The molecule has 0 saturated carbocycles. The molecule has 4 amide bonds. The zero-order valence-corrected chi connectivity index (χ0v) is 13.3. The SMILES string of the molecule is CN(C)C(=O)CCNC(=O)OC[C@H](CCN)N1C(=O)C=CC1=O. The predicted octanol–water partition coefficient (Wildman–Crippen LogP) is -1.17. The Bertz CT molecular complexity index is 485. The molecule has 1 rings (SSSR count). The third-order valence-electron chi connectivity index (χ3n) is 3.22. The van der Waals surface area contributed by atoms with Crippen molar-refractivity contribution in [3.8, 4) is 0 Å². The lowest BCUT2D eigenvalue weighted by molar-refractivity contribution is -0.140. The quantitative estimate of drug-likeness (QED) is 0.542. The van der Waals surface area contributed by atoms with Crippen molar-refractivity contribution in [2.45, 2.75) is 18.9 Å². The molecular weight excluding hydrogens is 304 g/mol. The number of hydrogen-bond donors (Lipinski definition) is 2. The maximum atomic E-state index is 11.6. The van der Waals surface area contributed by atoms with Crippen molar-refractivity contribution in [1.29, 1.82) is 0 Å². The van der Waals surface area contributed by atoms with Gasteiger partial charge in [-0.25, -0.2) is 4.79 Å². The van der Waals surface area contributed by atoms with Crippen LogP contribution in [-0.2, 0) is 19.1 Å². The Balaban J connectivity index is 2.40. The molecule has 0 bridgehead atoms. The fourth-order valence-electron chi connectivity index (χ4n) is 1.97. The number of rotatable bonds is 8. The molecule has 0 aliphatic carbocycles. The van der Waals surface area contributed by atoms with Crippen LogP contribution in [0.15, 0.2) is 12.2 Å². The second-order valence-electron chi connectivity index (χ2n) is 5.17. The van der Waals surface area contributed by atoms with Crippen LogP contribution in [0.25, 0.3) is 0 Å². The van der Waals surface area contributed by atoms with E-state index < -0.39 is 23.9 Å². The lowest BCUT2D eigenvalue weighted by Crippen LogP contribution is -2.45. The Morgan fingerprint density at radius 1 is 1.30 bits per heavy atom. The number of carbonyl (C=O) groups is 4. The van der Waals surface area contributed by atoms with E-state index in [9.17, 15) is 19.2 Å². The maximum absolute atomic E-state index is 11.6. The topological polar surface area (TPSA) is 122 Å². The normalized spacial score (nSPS) is 14.8. The van der Waals surface area contributed by atoms with E-state index in [2.05, 4.69) is 5.32 Å². The number of alkyl carbamates (subject to hydrolysis) is 1. The van der Waals surface area contributed by atoms with Gasteiger partial charge >= 0.3 is 6.09 Å². The van der Waals surface area contributed by atoms with E-state index in [4.69, 9.17) is 10.5 Å². The first-order valence-electron chi connectivity index (χ1n) is 7.23. The van der Waals surface area contributed by atoms with Crippen LogP contribution >= 0.6 is 0 Å². The number of amides is 4. The molecule has 1 aliphatic heterocycles. The van der Waals surface area contributed by atoms with Gasteiger partial charge in [0, 0.05) is 39.2 Å². The summed E-state index contributed by atoms with van der Waals surface area (Å²) >= 11 is 0. The van der Waals surface area contributed by atoms with E-state index in [1.165, 1.54) is 17.1 Å². The number of nitrogens with zero attached hydrogens (tertiary/aromatic N) is 2. The van der Waals surface area contributed by atoms with Crippen LogP contribution in [0.1, 0.15) is 12.8 Å². The van der Waals surface area contributed by atoms with Crippen molar-refractivity contribution in [3.05, 3.63) is 12.2 Å². The minimum Gasteiger partial charge on any atom is -0.447 e. The summed E-state index contributed by atoms with van der Waals surface area (Å²) in [5.41, 5.74) is 5.47. The number of imide groups is 1. The van der Waals surface area contributed by atoms with Gasteiger partial charge in [-0.1, -0.05) is 0 Å². The first-order chi connectivity index (χ1) is 10.9. The molecule has 0 aromatic rings. The number of nitrogens with two attached hydrogens (primary N) is 1. The van der Waals surface area contributed by atoms with Gasteiger partial charge in [-0.3, -0.25) is 19.3 Å². The third-order valence-corrected chi connectivity index (χ3v) is 3.22. The standard InChI is InChI=1S/C14H22N4O5/c1-17(2)11(19)6-8-16-14(22)23-9-10(5-7-15)18-12(20)3-4-13(18)21/h3-4,10H,5-9,15H2,1-2H3,(H,16,22)/t10-/m0/s1. The van der Waals surface area contributed by atoms with E-state index in [0.29, 0.717) is 6.42 Å². The van der Waals surface area contributed by atoms with Crippen LogP contribution in [0.3, 0.4) is 0 Å². The van der Waals surface area contributed by atoms with E-state index in [0.717, 1.165) is 4.90 Å². The molecule has 1 heterocycles. The fourth-order valence-corrected chi connectivity index (χ4v) is 1.97. The summed E-state index contributed by atoms with van der Waals surface area (Å²) in [6, 6.07) is -0.607. The molecule has 23 heavy (non-hydrogen) atoms. The van der Waals surface area contributed by atoms with Gasteiger partial charge in [-0.15, -0.1) is 0 Å². The lowest BCUT2D eigenvalue weighted by atomic mass is 10.2. The number of carbonyl (C=O) groups excluding carboxylic acids is 4. The summed E-state index contributed by atoms with van der Waals surface area (Å²) in [5.74, 6) is -1.02. The molecule has 0 radical (unpaired) electrons. The summed E-state index contributed by atoms with van der Waals surface area (Å²) in [7, 11) is 3.24. The molecule has 9 nitrogen and oxygen atoms in total. The molecule has 128 valence electrons. The highest BCUT2D eigenvalue weighted by molar-refractivity contribution is 6.13. The molecule has 3 N–H and O–H groups in total. The first kappa shape index (κ1) is 18.6. The highest BCUT2D eigenvalue weighted by Gasteiger charge is 2.31. The summed E-state index contributed by atoms with van der Waals surface area (Å²) in [5, 5.41) is 2.44. The second kappa shape index (κ2) is 8.89. The molecular formula is C14H22N4O5. The summed E-state index contributed by atoms with van der Waals surface area (Å²) in [4.78, 5) is 48.7. The molecule has 1 atom stereocenters. The molecule has 0 unspecified atom stereocenters. The van der Waals surface area contributed by atoms with E-state index in [1.807, 2.05) is 0 Å². The zero-order chi connectivity index (χ0) is 17.4. The number of hydrogen-bond acceptors (Lipinski definition) is 6. The Labute approximate surface area is 134 Å². The van der Waals surface area contributed by atoms with Gasteiger partial charge in [0.05, 0.1) is 6.04 Å². The average molecular weight is 326 g/mol. The predicted molar refractivity (Wildman–Crippen MR) is 81.1 cm³/mol. The smallest absolute Gasteiger partial charge is 0.407 e. The van der Waals surface area contributed by atoms with Crippen LogP contribution in [-0.4, -0.2) is 73.4 Å². The van der Waals surface area contributed by atoms with E-state index in [1.54, 1.807) is 14.1 Å². The van der Waals surface area contributed by atoms with Gasteiger partial charge in [0.25, 0.3) is 11.8 Å². The highest BCUT2D eigenvalue weighted by atomic mass is 16.5. The summed E-state index contributed by atoms with van der Waals surface area (Å²) in [6.45, 7) is 0.231. The summed E-state index contributed by atoms with van der Waals surface area (Å²) < 4.78 is 5.00. The van der Waals surface area contributed by atoms with Crippen molar-refractivity contribution < 1.29 is 23.9 Å². The van der Waals surface area contributed by atoms with E-state index >= 15 is 0 Å². The Morgan fingerprint density at radius 3 is 2.43 bits per heavy atom. The molecule has 0 aromatic carbocycles. The second-order valence-corrected chi connectivity index (χ2v) is 5.17. The van der Waals surface area contributed by atoms with Crippen molar-refractivity contribution in [2.24, 2.45) is 5.73 Å². The van der Waals surface area contributed by atoms with Gasteiger partial charge in [0.1, 0.15) is 6.61 Å². The molecule has 0 aromatic heterocycles. The van der Waals surface area contributed by atoms with Gasteiger partial charge in [0.2, 0.25) is 5.91 Å². The zero-order valence-electron chi connectivity index (χ0n) is 13.3. The molecule has 0 spiro atoms. The van der Waals surface area contributed by atoms with Crippen LogP contribution in [0.4, 0.5) is 4.79 Å². The number of nitrogens with one attached hydrogen (secondary N) is 1. The minimum atomic E-state index is -0.717. The van der Waals surface area contributed by atoms with Crippen LogP contribution < -0.4 is 11.1 Å². The van der Waals surface area contributed by atoms with Gasteiger partial charge in [0.15, 0.2) is 0 Å². The van der Waals surface area contributed by atoms with Crippen molar-refractivity contribution in [3.63, 3.8) is 0 Å². The van der Waals surface area contributed by atoms with Gasteiger partial charge in [-0.05, 0) is 13.0 Å². The lowest BCUT2D eigenvalue weighted by Gasteiger charge is -2.25. The monoisotopic (exact) mass is 326 g/mol. The fraction of sp³-hybridized carbons (Fsp3) is 0.571. The van der Waals surface area contributed by atoms with Crippen molar-refractivity contribution >= 4 is 23.8 Å². The Hall–Kier alpha value is -2.42. The molecule has 1 aliphatic rings. The van der Waals surface area contributed by atoms with Crippen molar-refractivity contribution in [1.82, 2.24) is 15.1 Å². The molecule has 9 heteroatoms. The maximum Gasteiger partial charge on any atom is 0.407 e. The van der Waals surface area contributed by atoms with E-state index in [-0.39, 0.29) is 32.0 Å². The Kier molecular flexibility index (Phi) is 7.20. The van der Waals surface area contributed by atoms with Crippen LogP contribution in [0.2, 0.25) is 0 Å². The van der Waals surface area contributed by atoms with Gasteiger partial charge in [-0.2, -0.15) is 0 Å². The Morgan fingerprint density at radius 2 is 1.91 bits per heavy atom. The average Bonchev–Trinajstić information content (AvgIpc) is 2.82. The van der Waals surface area contributed by atoms with Gasteiger partial charge < -0.3 is 20.7 Å². The highest BCUT2D eigenvalue weighted by Crippen LogP contribution is 2.12.